The second kappa shape index (κ2) is 9.05. The number of rotatable bonds is 7. The van der Waals surface area contributed by atoms with E-state index in [0.717, 1.165) is 37.0 Å². The lowest BCUT2D eigenvalue weighted by molar-refractivity contribution is 0.695. The number of hydrogen-bond donors (Lipinski definition) is 2. The summed E-state index contributed by atoms with van der Waals surface area (Å²) in [5, 5.41) is 15.0. The van der Waals surface area contributed by atoms with Gasteiger partial charge in [0.1, 0.15) is 5.82 Å². The third kappa shape index (κ3) is 5.37. The summed E-state index contributed by atoms with van der Waals surface area (Å²) < 4.78 is 1.98. The van der Waals surface area contributed by atoms with E-state index in [2.05, 4.69) is 58.9 Å². The smallest absolute Gasteiger partial charge is 0.191 e. The lowest BCUT2D eigenvalue weighted by Gasteiger charge is -2.12. The highest BCUT2D eigenvalue weighted by Crippen LogP contribution is 2.05. The number of nitrogens with one attached hydrogen (secondary N) is 2. The van der Waals surface area contributed by atoms with Crippen LogP contribution in [-0.2, 0) is 20.1 Å². The molecule has 0 spiro atoms. The molecule has 1 heterocycles. The standard InChI is InChI=1S/C18H28N6/c1-5-6-10-19-18(20-12-16-9-7-8-14(2)11-16)21-13-17-23-22-15(3)24(17)4/h7-9,11H,5-6,10,12-13H2,1-4H3,(H2,19,20,21). The maximum atomic E-state index is 4.70. The van der Waals surface area contributed by atoms with Crippen molar-refractivity contribution in [2.75, 3.05) is 6.54 Å². The van der Waals surface area contributed by atoms with E-state index < -0.39 is 0 Å². The fraction of sp³-hybridized carbons (Fsp3) is 0.500. The molecule has 0 saturated heterocycles. The van der Waals surface area contributed by atoms with E-state index in [9.17, 15) is 0 Å². The normalized spacial score (nSPS) is 11.6. The average molecular weight is 328 g/mol. The van der Waals surface area contributed by atoms with Crippen molar-refractivity contribution < 1.29 is 0 Å². The summed E-state index contributed by atoms with van der Waals surface area (Å²) in [7, 11) is 1.97. The Morgan fingerprint density at radius 2 is 2.04 bits per heavy atom. The fourth-order valence-electron chi connectivity index (χ4n) is 2.31. The maximum absolute atomic E-state index is 4.70. The summed E-state index contributed by atoms with van der Waals surface area (Å²) in [6.45, 7) is 8.39. The van der Waals surface area contributed by atoms with Crippen molar-refractivity contribution in [1.82, 2.24) is 25.4 Å². The molecule has 0 fully saturated rings. The third-order valence-electron chi connectivity index (χ3n) is 3.92. The zero-order valence-electron chi connectivity index (χ0n) is 15.1. The van der Waals surface area contributed by atoms with Crippen LogP contribution in [0.3, 0.4) is 0 Å². The van der Waals surface area contributed by atoms with Crippen LogP contribution in [0.4, 0.5) is 0 Å². The predicted octanol–water partition coefficient (Wildman–Crippen LogP) is 2.47. The second-order valence-electron chi connectivity index (χ2n) is 6.01. The Bertz CT molecular complexity index is 674. The molecule has 6 heteroatoms. The molecule has 0 bridgehead atoms. The summed E-state index contributed by atoms with van der Waals surface area (Å²) in [6, 6.07) is 8.44. The molecule has 0 saturated carbocycles. The first-order valence-electron chi connectivity index (χ1n) is 8.52. The monoisotopic (exact) mass is 328 g/mol. The molecule has 2 rings (SSSR count). The minimum Gasteiger partial charge on any atom is -0.356 e. The molecule has 24 heavy (non-hydrogen) atoms. The van der Waals surface area contributed by atoms with Crippen molar-refractivity contribution in [3.8, 4) is 0 Å². The molecule has 0 radical (unpaired) electrons. The molecule has 0 amide bonds. The summed E-state index contributed by atoms with van der Waals surface area (Å²) in [4.78, 5) is 4.70. The highest BCUT2D eigenvalue weighted by atomic mass is 15.3. The number of hydrogen-bond acceptors (Lipinski definition) is 3. The first-order chi connectivity index (χ1) is 11.6. The minimum atomic E-state index is 0.600. The molecule has 1 aromatic heterocycles. The van der Waals surface area contributed by atoms with Crippen LogP contribution in [0.25, 0.3) is 0 Å². The zero-order chi connectivity index (χ0) is 17.4. The Morgan fingerprint density at radius 1 is 1.21 bits per heavy atom. The van der Waals surface area contributed by atoms with Gasteiger partial charge in [0.15, 0.2) is 11.8 Å². The number of benzene rings is 1. The third-order valence-corrected chi connectivity index (χ3v) is 3.92. The molecule has 130 valence electrons. The zero-order valence-corrected chi connectivity index (χ0v) is 15.1. The van der Waals surface area contributed by atoms with Gasteiger partial charge < -0.3 is 15.2 Å². The van der Waals surface area contributed by atoms with Crippen molar-refractivity contribution in [3.05, 3.63) is 47.0 Å². The number of nitrogens with zero attached hydrogens (tertiary/aromatic N) is 4. The van der Waals surface area contributed by atoms with Crippen LogP contribution in [0.2, 0.25) is 0 Å². The predicted molar refractivity (Wildman–Crippen MR) is 97.8 cm³/mol. The number of aromatic nitrogens is 3. The molecule has 2 aromatic rings. The lowest BCUT2D eigenvalue weighted by Crippen LogP contribution is -2.38. The van der Waals surface area contributed by atoms with Crippen LogP contribution >= 0.6 is 0 Å². The van der Waals surface area contributed by atoms with Crippen LogP contribution < -0.4 is 10.6 Å². The van der Waals surface area contributed by atoms with Gasteiger partial charge in [0.05, 0.1) is 13.1 Å². The van der Waals surface area contributed by atoms with Gasteiger partial charge in [0.2, 0.25) is 0 Å². The molecule has 0 aliphatic rings. The van der Waals surface area contributed by atoms with E-state index >= 15 is 0 Å². The molecule has 0 aliphatic heterocycles. The van der Waals surface area contributed by atoms with Crippen molar-refractivity contribution in [2.45, 2.75) is 46.7 Å². The molecule has 6 nitrogen and oxygen atoms in total. The Balaban J connectivity index is 2.00. The number of aliphatic imine (C=N–C) groups is 1. The Morgan fingerprint density at radius 3 is 2.71 bits per heavy atom. The lowest BCUT2D eigenvalue weighted by atomic mass is 10.1. The largest absolute Gasteiger partial charge is 0.356 e. The van der Waals surface area contributed by atoms with Gasteiger partial charge in [-0.05, 0) is 25.8 Å². The van der Waals surface area contributed by atoms with Crippen molar-refractivity contribution in [3.63, 3.8) is 0 Å². The van der Waals surface area contributed by atoms with Gasteiger partial charge in [-0.1, -0.05) is 43.2 Å². The Kier molecular flexibility index (Phi) is 6.78. The number of unbranched alkanes of at least 4 members (excludes halogenated alkanes) is 1. The van der Waals surface area contributed by atoms with E-state index in [1.807, 2.05) is 18.5 Å². The van der Waals surface area contributed by atoms with E-state index in [0.29, 0.717) is 13.1 Å². The molecule has 0 aliphatic carbocycles. The van der Waals surface area contributed by atoms with E-state index in [-0.39, 0.29) is 0 Å². The van der Waals surface area contributed by atoms with Gasteiger partial charge in [-0.25, -0.2) is 4.99 Å². The van der Waals surface area contributed by atoms with Crippen molar-refractivity contribution in [1.29, 1.82) is 0 Å². The van der Waals surface area contributed by atoms with Crippen LogP contribution in [0.15, 0.2) is 29.3 Å². The van der Waals surface area contributed by atoms with E-state index in [4.69, 9.17) is 4.99 Å². The maximum Gasteiger partial charge on any atom is 0.191 e. The second-order valence-corrected chi connectivity index (χ2v) is 6.01. The molecular weight excluding hydrogens is 300 g/mol. The van der Waals surface area contributed by atoms with Gasteiger partial charge in [-0.3, -0.25) is 0 Å². The van der Waals surface area contributed by atoms with Crippen LogP contribution in [0.5, 0.6) is 0 Å². The highest BCUT2D eigenvalue weighted by molar-refractivity contribution is 5.79. The van der Waals surface area contributed by atoms with Crippen LogP contribution in [-0.4, -0.2) is 27.3 Å². The first kappa shape index (κ1) is 18.0. The SMILES string of the molecule is CCCCNC(=NCc1cccc(C)c1)NCc1nnc(C)n1C. The number of guanidine groups is 1. The van der Waals surface area contributed by atoms with E-state index in [1.165, 1.54) is 11.1 Å². The molecule has 0 unspecified atom stereocenters. The molecular formula is C18H28N6. The van der Waals surface area contributed by atoms with Gasteiger partial charge in [0.25, 0.3) is 0 Å². The van der Waals surface area contributed by atoms with Gasteiger partial charge >= 0.3 is 0 Å². The summed E-state index contributed by atoms with van der Waals surface area (Å²) in [6.07, 6.45) is 2.27. The summed E-state index contributed by atoms with van der Waals surface area (Å²) in [5.41, 5.74) is 2.46. The van der Waals surface area contributed by atoms with Gasteiger partial charge in [-0.2, -0.15) is 0 Å². The Labute approximate surface area is 144 Å². The highest BCUT2D eigenvalue weighted by Gasteiger charge is 2.06. The van der Waals surface area contributed by atoms with Crippen LogP contribution in [0, 0.1) is 13.8 Å². The first-order valence-corrected chi connectivity index (χ1v) is 8.52. The minimum absolute atomic E-state index is 0.600. The van der Waals surface area contributed by atoms with Gasteiger partial charge in [-0.15, -0.1) is 10.2 Å². The molecule has 2 N–H and O–H groups in total. The van der Waals surface area contributed by atoms with Crippen molar-refractivity contribution >= 4 is 5.96 Å². The van der Waals surface area contributed by atoms with Gasteiger partial charge in [0, 0.05) is 13.6 Å². The molecule has 0 atom stereocenters. The van der Waals surface area contributed by atoms with Crippen molar-refractivity contribution in [2.24, 2.45) is 12.0 Å². The number of aryl methyl sites for hydroxylation is 2. The van der Waals surface area contributed by atoms with E-state index in [1.54, 1.807) is 0 Å². The molecule has 1 aromatic carbocycles. The van der Waals surface area contributed by atoms with Crippen LogP contribution in [0.1, 0.15) is 42.5 Å². The quantitative estimate of drug-likeness (QED) is 0.465. The summed E-state index contributed by atoms with van der Waals surface area (Å²) in [5.74, 6) is 2.61. The summed E-state index contributed by atoms with van der Waals surface area (Å²) >= 11 is 0. The average Bonchev–Trinajstić information content (AvgIpc) is 2.89. The Hall–Kier alpha value is -2.37. The topological polar surface area (TPSA) is 67.1 Å². The fourth-order valence-corrected chi connectivity index (χ4v) is 2.31.